The van der Waals surface area contributed by atoms with Crippen LogP contribution in [0, 0.1) is 17.0 Å². The van der Waals surface area contributed by atoms with Crippen molar-refractivity contribution in [3.05, 3.63) is 69.3 Å². The summed E-state index contributed by atoms with van der Waals surface area (Å²) in [5, 5.41) is 13.5. The molecule has 9 heteroatoms. The van der Waals surface area contributed by atoms with Gasteiger partial charge >= 0.3 is 6.03 Å². The fourth-order valence-corrected chi connectivity index (χ4v) is 3.01. The molecule has 0 bridgehead atoms. The molecule has 1 heterocycles. The number of nitrogens with zero attached hydrogens (tertiary/aromatic N) is 3. The molecule has 1 aliphatic rings. The third-order valence-electron chi connectivity index (χ3n) is 4.45. The highest BCUT2D eigenvalue weighted by molar-refractivity contribution is 6.39. The predicted octanol–water partition coefficient (Wildman–Crippen LogP) is 2.64. The first-order valence-corrected chi connectivity index (χ1v) is 8.63. The number of nitrogens with one attached hydrogen (secondary N) is 1. The third-order valence-corrected chi connectivity index (χ3v) is 4.45. The van der Waals surface area contributed by atoms with Crippen LogP contribution in [0.15, 0.2) is 48.0 Å². The molecule has 9 nitrogen and oxygen atoms in total. The van der Waals surface area contributed by atoms with Gasteiger partial charge in [-0.3, -0.25) is 25.0 Å². The highest BCUT2D eigenvalue weighted by Crippen LogP contribution is 2.30. The van der Waals surface area contributed by atoms with E-state index < -0.39 is 22.8 Å². The van der Waals surface area contributed by atoms with Crippen molar-refractivity contribution >= 4 is 41.0 Å². The number of carbonyl (C=O) groups excluding carboxylic acids is 3. The first-order valence-electron chi connectivity index (χ1n) is 8.63. The van der Waals surface area contributed by atoms with Crippen LogP contribution in [0.2, 0.25) is 0 Å². The van der Waals surface area contributed by atoms with Crippen LogP contribution in [-0.4, -0.2) is 36.9 Å². The lowest BCUT2D eigenvalue weighted by atomic mass is 10.0. The molecule has 2 aromatic carbocycles. The Morgan fingerprint density at radius 3 is 2.41 bits per heavy atom. The Bertz CT molecular complexity index is 1070. The van der Waals surface area contributed by atoms with Gasteiger partial charge in [0, 0.05) is 20.2 Å². The van der Waals surface area contributed by atoms with Gasteiger partial charge in [0.1, 0.15) is 11.3 Å². The minimum atomic E-state index is -0.857. The molecule has 2 aromatic rings. The zero-order chi connectivity index (χ0) is 21.3. The summed E-state index contributed by atoms with van der Waals surface area (Å²) in [5.41, 5.74) is 1.24. The Hall–Kier alpha value is -4.01. The summed E-state index contributed by atoms with van der Waals surface area (Å²) in [6, 6.07) is 10.3. The van der Waals surface area contributed by atoms with E-state index in [0.29, 0.717) is 22.5 Å². The number of carbonyl (C=O) groups is 3. The first kappa shape index (κ1) is 19.7. The van der Waals surface area contributed by atoms with E-state index in [9.17, 15) is 24.5 Å². The number of aryl methyl sites for hydroxylation is 1. The molecular weight excluding hydrogens is 376 g/mol. The molecule has 0 unspecified atom stereocenters. The summed E-state index contributed by atoms with van der Waals surface area (Å²) in [5.74, 6) is -1.66. The summed E-state index contributed by atoms with van der Waals surface area (Å²) in [6.07, 6.45) is 1.24. The number of hydrogen-bond donors (Lipinski definition) is 1. The lowest BCUT2D eigenvalue weighted by Gasteiger charge is -2.27. The van der Waals surface area contributed by atoms with E-state index in [4.69, 9.17) is 0 Å². The van der Waals surface area contributed by atoms with Crippen molar-refractivity contribution in [2.45, 2.75) is 6.92 Å². The van der Waals surface area contributed by atoms with Gasteiger partial charge in [-0.2, -0.15) is 0 Å². The highest BCUT2D eigenvalue weighted by atomic mass is 16.6. The van der Waals surface area contributed by atoms with E-state index in [-0.39, 0.29) is 11.3 Å². The maximum Gasteiger partial charge on any atom is 0.335 e. The second kappa shape index (κ2) is 7.55. The Balaban J connectivity index is 2.07. The first-order chi connectivity index (χ1) is 13.7. The molecular formula is C20H18N4O5. The topological polar surface area (TPSA) is 113 Å². The summed E-state index contributed by atoms with van der Waals surface area (Å²) >= 11 is 0. The average molecular weight is 394 g/mol. The smallest absolute Gasteiger partial charge is 0.335 e. The molecule has 1 saturated heterocycles. The number of para-hydroxylation sites is 1. The minimum Gasteiger partial charge on any atom is -0.372 e. The van der Waals surface area contributed by atoms with Gasteiger partial charge in [0.05, 0.1) is 10.6 Å². The fraction of sp³-hybridized carbons (Fsp3) is 0.150. The molecule has 3 rings (SSSR count). The predicted molar refractivity (Wildman–Crippen MR) is 108 cm³/mol. The van der Waals surface area contributed by atoms with E-state index in [2.05, 4.69) is 5.32 Å². The summed E-state index contributed by atoms with van der Waals surface area (Å²) in [6.45, 7) is 1.74. The number of nitro benzene ring substituents is 1. The van der Waals surface area contributed by atoms with Gasteiger partial charge in [0.25, 0.3) is 17.5 Å². The number of imide groups is 2. The molecule has 0 aliphatic carbocycles. The van der Waals surface area contributed by atoms with E-state index >= 15 is 0 Å². The number of benzene rings is 2. The minimum absolute atomic E-state index is 0.167. The molecule has 0 radical (unpaired) electrons. The molecule has 0 aromatic heterocycles. The fourth-order valence-electron chi connectivity index (χ4n) is 3.01. The van der Waals surface area contributed by atoms with Crippen molar-refractivity contribution < 1.29 is 19.3 Å². The van der Waals surface area contributed by atoms with Gasteiger partial charge in [0.15, 0.2) is 0 Å². The maximum atomic E-state index is 12.9. The summed E-state index contributed by atoms with van der Waals surface area (Å²) in [7, 11) is 3.34. The van der Waals surface area contributed by atoms with Crippen LogP contribution in [0.3, 0.4) is 0 Å². The average Bonchev–Trinajstić information content (AvgIpc) is 2.66. The SMILES string of the molecule is Cc1ccccc1N1C(=O)NC(=O)/C(=C\c2ccc(N(C)C)c([N+](=O)[O-])c2)C1=O. The number of nitro groups is 1. The quantitative estimate of drug-likeness (QED) is 0.369. The van der Waals surface area contributed by atoms with Gasteiger partial charge in [-0.25, -0.2) is 9.69 Å². The van der Waals surface area contributed by atoms with Crippen LogP contribution in [0.5, 0.6) is 0 Å². The van der Waals surface area contributed by atoms with Crippen LogP contribution < -0.4 is 15.1 Å². The molecule has 0 saturated carbocycles. The van der Waals surface area contributed by atoms with Crippen LogP contribution in [0.4, 0.5) is 21.9 Å². The Kier molecular flexibility index (Phi) is 5.14. The Labute approximate surface area is 166 Å². The molecule has 1 N–H and O–H groups in total. The van der Waals surface area contributed by atoms with Crippen LogP contribution in [-0.2, 0) is 9.59 Å². The van der Waals surface area contributed by atoms with E-state index in [1.807, 2.05) is 0 Å². The number of urea groups is 1. The van der Waals surface area contributed by atoms with Gasteiger partial charge < -0.3 is 4.90 Å². The second-order valence-corrected chi connectivity index (χ2v) is 6.64. The van der Waals surface area contributed by atoms with Crippen LogP contribution in [0.1, 0.15) is 11.1 Å². The summed E-state index contributed by atoms with van der Waals surface area (Å²) < 4.78 is 0. The molecule has 1 aliphatic heterocycles. The Morgan fingerprint density at radius 2 is 1.79 bits per heavy atom. The van der Waals surface area contributed by atoms with Crippen molar-refractivity contribution in [2.75, 3.05) is 23.9 Å². The number of amides is 4. The zero-order valence-corrected chi connectivity index (χ0v) is 16.0. The van der Waals surface area contributed by atoms with Gasteiger partial charge in [-0.15, -0.1) is 0 Å². The number of barbiturate groups is 1. The van der Waals surface area contributed by atoms with E-state index in [1.165, 1.54) is 18.2 Å². The van der Waals surface area contributed by atoms with Crippen molar-refractivity contribution in [3.63, 3.8) is 0 Å². The van der Waals surface area contributed by atoms with Crippen molar-refractivity contribution in [1.29, 1.82) is 0 Å². The Morgan fingerprint density at radius 1 is 1.10 bits per heavy atom. The van der Waals surface area contributed by atoms with Crippen molar-refractivity contribution in [3.8, 4) is 0 Å². The van der Waals surface area contributed by atoms with E-state index in [0.717, 1.165) is 4.90 Å². The van der Waals surface area contributed by atoms with Gasteiger partial charge in [0.2, 0.25) is 0 Å². The lowest BCUT2D eigenvalue weighted by molar-refractivity contribution is -0.384. The highest BCUT2D eigenvalue weighted by Gasteiger charge is 2.37. The number of anilines is 2. The normalized spacial score (nSPS) is 15.5. The van der Waals surface area contributed by atoms with Crippen LogP contribution in [0.25, 0.3) is 6.08 Å². The molecule has 29 heavy (non-hydrogen) atoms. The van der Waals surface area contributed by atoms with Gasteiger partial charge in [-0.1, -0.05) is 24.3 Å². The molecule has 0 spiro atoms. The lowest BCUT2D eigenvalue weighted by Crippen LogP contribution is -2.54. The van der Waals surface area contributed by atoms with Crippen LogP contribution >= 0.6 is 0 Å². The molecule has 0 atom stereocenters. The standard InChI is InChI=1S/C20H18N4O5/c1-12-6-4-5-7-15(12)23-19(26)14(18(25)21-20(23)27)10-13-8-9-16(22(2)3)17(11-13)24(28)29/h4-11H,1-3H3,(H,21,25,27)/b14-10+. The second-order valence-electron chi connectivity index (χ2n) is 6.64. The molecule has 148 valence electrons. The number of hydrogen-bond acceptors (Lipinski definition) is 6. The van der Waals surface area contributed by atoms with Gasteiger partial charge in [-0.05, 0) is 36.3 Å². The zero-order valence-electron chi connectivity index (χ0n) is 16.0. The van der Waals surface area contributed by atoms with E-state index in [1.54, 1.807) is 56.3 Å². The maximum absolute atomic E-state index is 12.9. The monoisotopic (exact) mass is 394 g/mol. The third kappa shape index (κ3) is 3.70. The largest absolute Gasteiger partial charge is 0.372 e. The van der Waals surface area contributed by atoms with Crippen molar-refractivity contribution in [1.82, 2.24) is 5.32 Å². The van der Waals surface area contributed by atoms with Crippen molar-refractivity contribution in [2.24, 2.45) is 0 Å². The molecule has 1 fully saturated rings. The molecule has 4 amide bonds. The summed E-state index contributed by atoms with van der Waals surface area (Å²) in [4.78, 5) is 50.8. The number of rotatable bonds is 4.